The summed E-state index contributed by atoms with van der Waals surface area (Å²) in [6.45, 7) is 0.508. The first kappa shape index (κ1) is 21.5. The second-order valence-corrected chi connectivity index (χ2v) is 6.41. The molecular formula is C21H25F2N3O4. The van der Waals surface area contributed by atoms with Crippen molar-refractivity contribution in [3.05, 3.63) is 47.5 Å². The fourth-order valence-electron chi connectivity index (χ4n) is 2.92. The lowest BCUT2D eigenvalue weighted by Crippen LogP contribution is -2.38. The first-order valence-electron chi connectivity index (χ1n) is 9.61. The number of ether oxygens (including phenoxy) is 4. The molecule has 0 aromatic heterocycles. The molecule has 0 spiro atoms. The Balaban J connectivity index is 1.64. The lowest BCUT2D eigenvalue weighted by Gasteiger charge is -2.13. The van der Waals surface area contributed by atoms with Gasteiger partial charge >= 0.3 is 6.61 Å². The maximum atomic E-state index is 12.8. The first-order valence-corrected chi connectivity index (χ1v) is 9.61. The van der Waals surface area contributed by atoms with Crippen LogP contribution in [0.2, 0.25) is 0 Å². The van der Waals surface area contributed by atoms with Gasteiger partial charge in [0.1, 0.15) is 11.5 Å². The smallest absolute Gasteiger partial charge is 0.387 e. The molecule has 0 fully saturated rings. The van der Waals surface area contributed by atoms with E-state index in [0.717, 1.165) is 17.7 Å². The highest BCUT2D eigenvalue weighted by atomic mass is 19.3. The Morgan fingerprint density at radius 2 is 1.87 bits per heavy atom. The zero-order valence-corrected chi connectivity index (χ0v) is 16.9. The largest absolute Gasteiger partial charge is 0.497 e. The zero-order valence-electron chi connectivity index (χ0n) is 16.9. The fraction of sp³-hybridized carbons (Fsp3) is 0.381. The van der Waals surface area contributed by atoms with Crippen molar-refractivity contribution >= 4 is 5.96 Å². The van der Waals surface area contributed by atoms with E-state index in [1.54, 1.807) is 13.2 Å². The van der Waals surface area contributed by atoms with Crippen LogP contribution in [0.15, 0.2) is 41.4 Å². The molecule has 7 nitrogen and oxygen atoms in total. The number of nitrogens with zero attached hydrogens (tertiary/aromatic N) is 1. The molecule has 1 aliphatic rings. The number of hydrogen-bond donors (Lipinski definition) is 2. The number of halogens is 2. The summed E-state index contributed by atoms with van der Waals surface area (Å²) in [5, 5.41) is 6.39. The molecule has 0 saturated carbocycles. The van der Waals surface area contributed by atoms with E-state index in [0.29, 0.717) is 36.1 Å². The molecule has 2 aromatic carbocycles. The second kappa shape index (κ2) is 10.5. The molecule has 0 unspecified atom stereocenters. The average Bonchev–Trinajstić information content (AvgIpc) is 3.19. The van der Waals surface area contributed by atoms with E-state index < -0.39 is 6.61 Å². The summed E-state index contributed by atoms with van der Waals surface area (Å²) in [5.41, 5.74) is 1.63. The Morgan fingerprint density at radius 1 is 1.13 bits per heavy atom. The van der Waals surface area contributed by atoms with Gasteiger partial charge in [0.25, 0.3) is 0 Å². The minimum Gasteiger partial charge on any atom is -0.497 e. The van der Waals surface area contributed by atoms with Gasteiger partial charge in [-0.15, -0.1) is 0 Å². The third-order valence-corrected chi connectivity index (χ3v) is 4.39. The SMILES string of the molecule is CCNC(=NCc1cc2c(cc1OC(F)F)OCO2)NCCc1ccc(OC)cc1. The maximum absolute atomic E-state index is 12.8. The van der Waals surface area contributed by atoms with Crippen molar-refractivity contribution < 1.29 is 27.7 Å². The summed E-state index contributed by atoms with van der Waals surface area (Å²) in [7, 11) is 1.63. The van der Waals surface area contributed by atoms with Crippen molar-refractivity contribution in [2.45, 2.75) is 26.5 Å². The van der Waals surface area contributed by atoms with Gasteiger partial charge in [-0.05, 0) is 37.1 Å². The first-order chi connectivity index (χ1) is 14.6. The van der Waals surface area contributed by atoms with Crippen LogP contribution in [0.1, 0.15) is 18.1 Å². The highest BCUT2D eigenvalue weighted by molar-refractivity contribution is 5.79. The van der Waals surface area contributed by atoms with Crippen LogP contribution in [0.3, 0.4) is 0 Å². The normalized spacial score (nSPS) is 12.8. The van der Waals surface area contributed by atoms with Crippen molar-refractivity contribution in [2.24, 2.45) is 4.99 Å². The standard InChI is InChI=1S/C21H25F2N3O4/c1-3-24-21(25-9-8-14-4-6-16(27-2)7-5-14)26-12-15-10-18-19(29-13-28-18)11-17(15)30-20(22)23/h4-7,10-11,20H,3,8-9,12-13H2,1-2H3,(H2,24,25,26). The molecule has 0 saturated heterocycles. The van der Waals surface area contributed by atoms with Crippen molar-refractivity contribution in [3.8, 4) is 23.0 Å². The molecule has 0 amide bonds. The molecule has 1 heterocycles. The third kappa shape index (κ3) is 5.88. The molecule has 0 bridgehead atoms. The number of alkyl halides is 2. The van der Waals surface area contributed by atoms with Gasteiger partial charge in [-0.1, -0.05) is 12.1 Å². The lowest BCUT2D eigenvalue weighted by atomic mass is 10.1. The number of hydrogen-bond acceptors (Lipinski definition) is 5. The van der Waals surface area contributed by atoms with Gasteiger partial charge < -0.3 is 29.6 Å². The van der Waals surface area contributed by atoms with Gasteiger partial charge in [-0.3, -0.25) is 0 Å². The minimum atomic E-state index is -2.94. The number of nitrogens with one attached hydrogen (secondary N) is 2. The third-order valence-electron chi connectivity index (χ3n) is 4.39. The van der Waals surface area contributed by atoms with Crippen LogP contribution in [0.4, 0.5) is 8.78 Å². The van der Waals surface area contributed by atoms with Crippen LogP contribution in [0.25, 0.3) is 0 Å². The van der Waals surface area contributed by atoms with Gasteiger partial charge in [0, 0.05) is 24.7 Å². The van der Waals surface area contributed by atoms with Crippen LogP contribution in [-0.4, -0.2) is 39.6 Å². The number of guanidine groups is 1. The van der Waals surface area contributed by atoms with E-state index in [4.69, 9.17) is 14.2 Å². The van der Waals surface area contributed by atoms with E-state index in [-0.39, 0.29) is 19.1 Å². The summed E-state index contributed by atoms with van der Waals surface area (Å²) in [6, 6.07) is 10.9. The van der Waals surface area contributed by atoms with Crippen LogP contribution in [-0.2, 0) is 13.0 Å². The van der Waals surface area contributed by atoms with E-state index in [1.165, 1.54) is 6.07 Å². The molecule has 30 heavy (non-hydrogen) atoms. The molecule has 0 aliphatic carbocycles. The molecule has 162 valence electrons. The Labute approximate surface area is 174 Å². The van der Waals surface area contributed by atoms with Gasteiger partial charge in [-0.2, -0.15) is 8.78 Å². The molecule has 9 heteroatoms. The molecule has 0 radical (unpaired) electrons. The van der Waals surface area contributed by atoms with E-state index >= 15 is 0 Å². The van der Waals surface area contributed by atoms with Gasteiger partial charge in [0.2, 0.25) is 6.79 Å². The monoisotopic (exact) mass is 421 g/mol. The Kier molecular flexibility index (Phi) is 7.53. The molecule has 0 atom stereocenters. The molecule has 1 aliphatic heterocycles. The predicted molar refractivity (Wildman–Crippen MR) is 109 cm³/mol. The van der Waals surface area contributed by atoms with Crippen LogP contribution < -0.4 is 29.6 Å². The summed E-state index contributed by atoms with van der Waals surface area (Å²) in [5.74, 6) is 2.27. The number of benzene rings is 2. The summed E-state index contributed by atoms with van der Waals surface area (Å²) in [4.78, 5) is 4.49. The van der Waals surface area contributed by atoms with E-state index in [9.17, 15) is 8.78 Å². The van der Waals surface area contributed by atoms with Gasteiger partial charge in [0.15, 0.2) is 17.5 Å². The van der Waals surface area contributed by atoms with Crippen molar-refractivity contribution in [3.63, 3.8) is 0 Å². The van der Waals surface area contributed by atoms with E-state index in [1.807, 2.05) is 31.2 Å². The maximum Gasteiger partial charge on any atom is 0.387 e. The van der Waals surface area contributed by atoms with Crippen LogP contribution >= 0.6 is 0 Å². The topological polar surface area (TPSA) is 73.3 Å². The average molecular weight is 421 g/mol. The van der Waals surface area contributed by atoms with Crippen LogP contribution in [0, 0.1) is 0 Å². The molecule has 2 aromatic rings. The zero-order chi connectivity index (χ0) is 21.3. The molecule has 3 rings (SSSR count). The number of methoxy groups -OCH3 is 1. The summed E-state index contributed by atoms with van der Waals surface area (Å²) < 4.78 is 45.9. The van der Waals surface area contributed by atoms with Crippen molar-refractivity contribution in [2.75, 3.05) is 27.0 Å². The quantitative estimate of drug-likeness (QED) is 0.478. The summed E-state index contributed by atoms with van der Waals surface area (Å²) in [6.07, 6.45) is 0.790. The highest BCUT2D eigenvalue weighted by Gasteiger charge is 2.20. The van der Waals surface area contributed by atoms with Gasteiger partial charge in [0.05, 0.1) is 13.7 Å². The minimum absolute atomic E-state index is 0.0204. The van der Waals surface area contributed by atoms with Crippen LogP contribution in [0.5, 0.6) is 23.0 Å². The predicted octanol–water partition coefficient (Wildman–Crippen LogP) is 3.32. The second-order valence-electron chi connectivity index (χ2n) is 6.41. The van der Waals surface area contributed by atoms with Crippen molar-refractivity contribution in [1.29, 1.82) is 0 Å². The number of aliphatic imine (C=N–C) groups is 1. The number of rotatable bonds is 9. The Hall–Kier alpha value is -3.23. The van der Waals surface area contributed by atoms with Gasteiger partial charge in [-0.25, -0.2) is 4.99 Å². The lowest BCUT2D eigenvalue weighted by molar-refractivity contribution is -0.0505. The highest BCUT2D eigenvalue weighted by Crippen LogP contribution is 2.39. The van der Waals surface area contributed by atoms with Crippen molar-refractivity contribution in [1.82, 2.24) is 10.6 Å². The summed E-state index contributed by atoms with van der Waals surface area (Å²) >= 11 is 0. The number of fused-ring (bicyclic) bond motifs is 1. The van der Waals surface area contributed by atoms with E-state index in [2.05, 4.69) is 20.4 Å². The Bertz CT molecular complexity index is 860. The molecule has 2 N–H and O–H groups in total. The Morgan fingerprint density at radius 3 is 2.53 bits per heavy atom. The fourth-order valence-corrected chi connectivity index (χ4v) is 2.92. The molecular weight excluding hydrogens is 396 g/mol.